The van der Waals surface area contributed by atoms with Gasteiger partial charge >= 0.3 is 5.97 Å². The zero-order valence-corrected chi connectivity index (χ0v) is 11.4. The van der Waals surface area contributed by atoms with Crippen LogP contribution in [0.4, 0.5) is 0 Å². The van der Waals surface area contributed by atoms with E-state index in [1.165, 1.54) is 0 Å². The topological polar surface area (TPSA) is 43.4 Å². The summed E-state index contributed by atoms with van der Waals surface area (Å²) < 4.78 is 5.00. The Labute approximate surface area is 112 Å². The number of carbonyl (C=O) groups excluding carboxylic acids is 2. The fraction of sp³-hybridized carbons (Fsp3) is 0.429. The lowest BCUT2D eigenvalue weighted by atomic mass is 9.99. The summed E-state index contributed by atoms with van der Waals surface area (Å²) in [5.41, 5.74) is 2.19. The van der Waals surface area contributed by atoms with E-state index in [-0.39, 0.29) is 24.1 Å². The summed E-state index contributed by atoms with van der Waals surface area (Å²) in [4.78, 5) is 23.2. The van der Waals surface area contributed by atoms with Crippen LogP contribution in [0.25, 0.3) is 0 Å². The molecule has 1 aromatic carbocycles. The maximum atomic E-state index is 11.8. The molecule has 0 unspecified atom stereocenters. The largest absolute Gasteiger partial charge is 0.462 e. The molecule has 0 spiro atoms. The molecule has 3 nitrogen and oxygen atoms in total. The Kier molecular flexibility index (Phi) is 5.86. The molecule has 0 N–H and O–H groups in total. The number of esters is 1. The molecule has 0 saturated carbocycles. The first-order valence-electron chi connectivity index (χ1n) is 5.98. The molecule has 0 fully saturated rings. The van der Waals surface area contributed by atoms with Crippen molar-refractivity contribution < 1.29 is 14.3 Å². The molecule has 0 aliphatic rings. The van der Waals surface area contributed by atoms with Crippen LogP contribution in [0.15, 0.2) is 18.2 Å². The molecule has 0 atom stereocenters. The second-order valence-corrected chi connectivity index (χ2v) is 4.18. The molecule has 0 aliphatic heterocycles. The fourth-order valence-corrected chi connectivity index (χ4v) is 1.75. The molecule has 18 heavy (non-hydrogen) atoms. The molecular formula is C14H17ClO3. The number of hydrogen-bond acceptors (Lipinski definition) is 3. The highest BCUT2D eigenvalue weighted by Gasteiger charge is 2.15. The van der Waals surface area contributed by atoms with Crippen LogP contribution in [0.1, 0.15) is 35.3 Å². The van der Waals surface area contributed by atoms with E-state index in [4.69, 9.17) is 16.3 Å². The van der Waals surface area contributed by atoms with Crippen LogP contribution in [0.5, 0.6) is 0 Å². The maximum Gasteiger partial charge on any atom is 0.338 e. The maximum absolute atomic E-state index is 11.8. The molecule has 0 saturated heterocycles. The normalized spacial score (nSPS) is 10.2. The third kappa shape index (κ3) is 3.84. The van der Waals surface area contributed by atoms with Gasteiger partial charge in [-0.05, 0) is 30.5 Å². The summed E-state index contributed by atoms with van der Waals surface area (Å²) in [6.07, 6.45) is 0.998. The number of Topliss-reactive ketones (excluding diaryl/α,β-unsaturated/α-hetero) is 1. The van der Waals surface area contributed by atoms with Gasteiger partial charge in [-0.1, -0.05) is 19.1 Å². The summed E-state index contributed by atoms with van der Waals surface area (Å²) in [6, 6.07) is 5.50. The number of alkyl halides is 1. The van der Waals surface area contributed by atoms with Crippen molar-refractivity contribution in [3.8, 4) is 0 Å². The van der Waals surface area contributed by atoms with Crippen molar-refractivity contribution in [3.05, 3.63) is 34.9 Å². The number of halogens is 1. The lowest BCUT2D eigenvalue weighted by molar-refractivity contribution is -0.116. The Morgan fingerprint density at radius 1 is 1.28 bits per heavy atom. The quantitative estimate of drug-likeness (QED) is 0.589. The van der Waals surface area contributed by atoms with E-state index in [1.807, 2.05) is 13.0 Å². The molecule has 0 radical (unpaired) electrons. The zero-order chi connectivity index (χ0) is 13.5. The van der Waals surface area contributed by atoms with E-state index in [9.17, 15) is 9.59 Å². The van der Waals surface area contributed by atoms with Gasteiger partial charge in [0.2, 0.25) is 0 Å². The van der Waals surface area contributed by atoms with Crippen LogP contribution in [0, 0.1) is 0 Å². The minimum absolute atomic E-state index is 0.0439. The smallest absolute Gasteiger partial charge is 0.338 e. The van der Waals surface area contributed by atoms with Crippen LogP contribution in [0.3, 0.4) is 0 Å². The lowest BCUT2D eigenvalue weighted by Crippen LogP contribution is -2.12. The van der Waals surface area contributed by atoms with E-state index in [0.29, 0.717) is 17.7 Å². The first-order chi connectivity index (χ1) is 8.62. The van der Waals surface area contributed by atoms with E-state index in [0.717, 1.165) is 12.0 Å². The monoisotopic (exact) mass is 268 g/mol. The predicted octanol–water partition coefficient (Wildman–Crippen LogP) is 2.78. The highest BCUT2D eigenvalue weighted by Crippen LogP contribution is 2.15. The van der Waals surface area contributed by atoms with Crippen LogP contribution < -0.4 is 0 Å². The Morgan fingerprint density at radius 2 is 2.00 bits per heavy atom. The average Bonchev–Trinajstić information content (AvgIpc) is 2.39. The van der Waals surface area contributed by atoms with Crippen molar-refractivity contribution in [2.24, 2.45) is 0 Å². The first kappa shape index (κ1) is 14.7. The van der Waals surface area contributed by atoms with Gasteiger partial charge in [0.1, 0.15) is 0 Å². The van der Waals surface area contributed by atoms with E-state index in [2.05, 4.69) is 0 Å². The number of benzene rings is 1. The van der Waals surface area contributed by atoms with Gasteiger partial charge in [-0.3, -0.25) is 4.79 Å². The summed E-state index contributed by atoms with van der Waals surface area (Å²) >= 11 is 5.49. The molecule has 1 aromatic rings. The highest BCUT2D eigenvalue weighted by atomic mass is 35.5. The second kappa shape index (κ2) is 7.17. The third-order valence-corrected chi connectivity index (χ3v) is 2.91. The molecule has 0 bridgehead atoms. The number of carbonyl (C=O) groups is 2. The standard InChI is InChI=1S/C14H17ClO3/c1-3-10-5-6-11(8-12(16)9-15)13(7-10)14(17)18-4-2/h5-7H,3-4,8-9H2,1-2H3. The summed E-state index contributed by atoms with van der Waals surface area (Å²) in [5.74, 6) is -0.533. The molecular weight excluding hydrogens is 252 g/mol. The zero-order valence-electron chi connectivity index (χ0n) is 10.7. The van der Waals surface area contributed by atoms with Crippen LogP contribution in [-0.2, 0) is 22.4 Å². The Morgan fingerprint density at radius 3 is 2.56 bits per heavy atom. The lowest BCUT2D eigenvalue weighted by Gasteiger charge is -2.09. The summed E-state index contributed by atoms with van der Waals surface area (Å²) in [5, 5.41) is 0. The van der Waals surface area contributed by atoms with Gasteiger partial charge in [-0.2, -0.15) is 0 Å². The Balaban J connectivity index is 3.07. The van der Waals surface area contributed by atoms with Crippen LogP contribution in [0.2, 0.25) is 0 Å². The van der Waals surface area contributed by atoms with Gasteiger partial charge in [0.15, 0.2) is 5.78 Å². The van der Waals surface area contributed by atoms with Gasteiger partial charge < -0.3 is 4.74 Å². The summed E-state index contributed by atoms with van der Waals surface area (Å²) in [7, 11) is 0. The first-order valence-corrected chi connectivity index (χ1v) is 6.52. The third-order valence-electron chi connectivity index (χ3n) is 2.61. The van der Waals surface area contributed by atoms with E-state index < -0.39 is 0 Å². The van der Waals surface area contributed by atoms with E-state index in [1.54, 1.807) is 19.1 Å². The van der Waals surface area contributed by atoms with Crippen LogP contribution >= 0.6 is 11.6 Å². The van der Waals surface area contributed by atoms with E-state index >= 15 is 0 Å². The number of aryl methyl sites for hydroxylation is 1. The Hall–Kier alpha value is -1.35. The van der Waals surface area contributed by atoms with Gasteiger partial charge in [0, 0.05) is 6.42 Å². The van der Waals surface area contributed by atoms with Gasteiger partial charge in [0.05, 0.1) is 18.1 Å². The van der Waals surface area contributed by atoms with Gasteiger partial charge in [-0.15, -0.1) is 11.6 Å². The molecule has 0 aliphatic carbocycles. The van der Waals surface area contributed by atoms with Crippen molar-refractivity contribution in [2.75, 3.05) is 12.5 Å². The predicted molar refractivity (Wildman–Crippen MR) is 71.2 cm³/mol. The van der Waals surface area contributed by atoms with Crippen molar-refractivity contribution in [2.45, 2.75) is 26.7 Å². The summed E-state index contributed by atoms with van der Waals surface area (Å²) in [6.45, 7) is 4.08. The van der Waals surface area contributed by atoms with Crippen LogP contribution in [-0.4, -0.2) is 24.2 Å². The molecule has 0 aromatic heterocycles. The molecule has 0 heterocycles. The fourth-order valence-electron chi connectivity index (χ4n) is 1.66. The molecule has 4 heteroatoms. The van der Waals surface area contributed by atoms with Crippen molar-refractivity contribution in [1.29, 1.82) is 0 Å². The SMILES string of the molecule is CCOC(=O)c1cc(CC)ccc1CC(=O)CCl. The van der Waals surface area contributed by atoms with Crippen molar-refractivity contribution >= 4 is 23.4 Å². The van der Waals surface area contributed by atoms with Crippen molar-refractivity contribution in [3.63, 3.8) is 0 Å². The van der Waals surface area contributed by atoms with Gasteiger partial charge in [0.25, 0.3) is 0 Å². The Bertz CT molecular complexity index is 441. The average molecular weight is 269 g/mol. The minimum Gasteiger partial charge on any atom is -0.462 e. The number of ketones is 1. The van der Waals surface area contributed by atoms with Gasteiger partial charge in [-0.25, -0.2) is 4.79 Å². The molecule has 1 rings (SSSR count). The number of hydrogen-bond donors (Lipinski definition) is 0. The molecule has 98 valence electrons. The minimum atomic E-state index is -0.384. The van der Waals surface area contributed by atoms with Crippen molar-refractivity contribution in [1.82, 2.24) is 0 Å². The second-order valence-electron chi connectivity index (χ2n) is 3.91. The molecule has 0 amide bonds. The number of rotatable bonds is 6. The number of ether oxygens (including phenoxy) is 1. The highest BCUT2D eigenvalue weighted by molar-refractivity contribution is 6.27.